The van der Waals surface area contributed by atoms with Crippen molar-refractivity contribution >= 4 is 10.9 Å². The molecule has 102 valence electrons. The van der Waals surface area contributed by atoms with Crippen LogP contribution in [0.1, 0.15) is 22.8 Å². The highest BCUT2D eigenvalue weighted by molar-refractivity contribution is 5.81. The maximum absolute atomic E-state index is 10.4. The van der Waals surface area contributed by atoms with Crippen LogP contribution in [0.3, 0.4) is 0 Å². The third kappa shape index (κ3) is 2.76. The number of aliphatic hydroxyl groups excluding tert-OH is 1. The first-order chi connectivity index (χ1) is 10.3. The molecular formula is C18H14N2O. The summed E-state index contributed by atoms with van der Waals surface area (Å²) < 4.78 is 0. The van der Waals surface area contributed by atoms with E-state index in [0.717, 1.165) is 22.0 Å². The number of nitriles is 1. The zero-order valence-corrected chi connectivity index (χ0v) is 11.4. The van der Waals surface area contributed by atoms with E-state index in [0.29, 0.717) is 12.0 Å². The molecule has 0 saturated heterocycles. The maximum Gasteiger partial charge on any atom is 0.0991 e. The van der Waals surface area contributed by atoms with Gasteiger partial charge in [-0.1, -0.05) is 30.3 Å². The summed E-state index contributed by atoms with van der Waals surface area (Å²) in [5.74, 6) is 0. The van der Waals surface area contributed by atoms with Gasteiger partial charge in [-0.2, -0.15) is 5.26 Å². The normalized spacial score (nSPS) is 12.0. The molecule has 0 aliphatic carbocycles. The van der Waals surface area contributed by atoms with E-state index >= 15 is 0 Å². The van der Waals surface area contributed by atoms with Gasteiger partial charge in [-0.15, -0.1) is 0 Å². The van der Waals surface area contributed by atoms with Gasteiger partial charge in [0.05, 0.1) is 23.3 Å². The topological polar surface area (TPSA) is 56.9 Å². The van der Waals surface area contributed by atoms with Crippen molar-refractivity contribution in [1.82, 2.24) is 4.98 Å². The monoisotopic (exact) mass is 274 g/mol. The molecule has 3 rings (SSSR count). The molecule has 1 heterocycles. The average Bonchev–Trinajstić information content (AvgIpc) is 2.55. The molecule has 0 aliphatic rings. The van der Waals surface area contributed by atoms with Crippen molar-refractivity contribution in [2.45, 2.75) is 12.5 Å². The van der Waals surface area contributed by atoms with Crippen molar-refractivity contribution in [1.29, 1.82) is 5.26 Å². The van der Waals surface area contributed by atoms with Crippen molar-refractivity contribution in [3.05, 3.63) is 77.5 Å². The zero-order valence-electron chi connectivity index (χ0n) is 11.4. The lowest BCUT2D eigenvalue weighted by Crippen LogP contribution is -2.02. The molecule has 0 spiro atoms. The van der Waals surface area contributed by atoms with E-state index in [1.54, 1.807) is 30.5 Å². The van der Waals surface area contributed by atoms with Crippen LogP contribution in [-0.2, 0) is 6.42 Å². The molecule has 0 saturated carbocycles. The van der Waals surface area contributed by atoms with Gasteiger partial charge in [0.25, 0.3) is 0 Å². The molecular weight excluding hydrogens is 260 g/mol. The first-order valence-corrected chi connectivity index (χ1v) is 6.78. The van der Waals surface area contributed by atoms with Crippen LogP contribution in [0.5, 0.6) is 0 Å². The summed E-state index contributed by atoms with van der Waals surface area (Å²) in [6.45, 7) is 0. The molecule has 1 N–H and O–H groups in total. The highest BCUT2D eigenvalue weighted by atomic mass is 16.3. The first-order valence-electron chi connectivity index (χ1n) is 6.78. The van der Waals surface area contributed by atoms with Crippen LogP contribution < -0.4 is 0 Å². The van der Waals surface area contributed by atoms with Crippen LogP contribution >= 0.6 is 0 Å². The molecule has 0 fully saturated rings. The van der Waals surface area contributed by atoms with E-state index < -0.39 is 6.10 Å². The number of nitrogens with zero attached hydrogens (tertiary/aromatic N) is 2. The number of aliphatic hydroxyl groups is 1. The molecule has 1 aromatic heterocycles. The van der Waals surface area contributed by atoms with Gasteiger partial charge >= 0.3 is 0 Å². The predicted octanol–water partition coefficient (Wildman–Crippen LogP) is 3.38. The minimum atomic E-state index is -0.594. The lowest BCUT2D eigenvalue weighted by molar-refractivity contribution is 0.179. The minimum Gasteiger partial charge on any atom is -0.388 e. The number of para-hydroxylation sites is 1. The van der Waals surface area contributed by atoms with Crippen LogP contribution in [0.15, 0.2) is 60.8 Å². The second-order valence-corrected chi connectivity index (χ2v) is 4.94. The predicted molar refractivity (Wildman–Crippen MR) is 81.6 cm³/mol. The van der Waals surface area contributed by atoms with E-state index in [4.69, 9.17) is 5.26 Å². The number of hydrogen-bond acceptors (Lipinski definition) is 3. The molecule has 1 unspecified atom stereocenters. The lowest BCUT2D eigenvalue weighted by atomic mass is 9.98. The van der Waals surface area contributed by atoms with Crippen LogP contribution in [0.25, 0.3) is 10.9 Å². The molecule has 3 aromatic rings. The van der Waals surface area contributed by atoms with E-state index in [-0.39, 0.29) is 0 Å². The molecule has 0 bridgehead atoms. The molecule has 0 aliphatic heterocycles. The fourth-order valence-corrected chi connectivity index (χ4v) is 2.44. The molecule has 1 atom stereocenters. The quantitative estimate of drug-likeness (QED) is 0.796. The second-order valence-electron chi connectivity index (χ2n) is 4.94. The Labute approximate surface area is 123 Å². The van der Waals surface area contributed by atoms with Gasteiger partial charge in [-0.05, 0) is 35.4 Å². The highest BCUT2D eigenvalue weighted by Gasteiger charge is 2.11. The third-order valence-corrected chi connectivity index (χ3v) is 3.58. The van der Waals surface area contributed by atoms with E-state index in [1.807, 2.05) is 30.3 Å². The molecule has 0 radical (unpaired) electrons. The smallest absolute Gasteiger partial charge is 0.0991 e. The molecule has 2 aromatic carbocycles. The summed E-state index contributed by atoms with van der Waals surface area (Å²) in [6, 6.07) is 19.0. The second kappa shape index (κ2) is 5.74. The van der Waals surface area contributed by atoms with Crippen LogP contribution in [0, 0.1) is 11.3 Å². The van der Waals surface area contributed by atoms with Gasteiger partial charge in [0, 0.05) is 18.0 Å². The fraction of sp³-hybridized carbons (Fsp3) is 0.111. The summed E-state index contributed by atoms with van der Waals surface area (Å²) in [6.07, 6.45) is 1.70. The lowest BCUT2D eigenvalue weighted by Gasteiger charge is -2.12. The van der Waals surface area contributed by atoms with Crippen molar-refractivity contribution < 1.29 is 5.11 Å². The minimum absolute atomic E-state index is 0.523. The number of pyridine rings is 1. The summed E-state index contributed by atoms with van der Waals surface area (Å²) in [5.41, 5.74) is 3.41. The van der Waals surface area contributed by atoms with Gasteiger partial charge < -0.3 is 5.11 Å². The molecule has 3 nitrogen and oxygen atoms in total. The van der Waals surface area contributed by atoms with Crippen molar-refractivity contribution in [3.8, 4) is 6.07 Å². The fourth-order valence-electron chi connectivity index (χ4n) is 2.44. The van der Waals surface area contributed by atoms with Crippen molar-refractivity contribution in [3.63, 3.8) is 0 Å². The molecule has 0 amide bonds. The zero-order chi connectivity index (χ0) is 14.7. The summed E-state index contributed by atoms with van der Waals surface area (Å²) in [5, 5.41) is 20.3. The highest BCUT2D eigenvalue weighted by Crippen LogP contribution is 2.23. The Balaban J connectivity index is 1.89. The van der Waals surface area contributed by atoms with Gasteiger partial charge in [0.15, 0.2) is 0 Å². The molecule has 21 heavy (non-hydrogen) atoms. The van der Waals surface area contributed by atoms with Crippen LogP contribution in [0.4, 0.5) is 0 Å². The number of aromatic nitrogens is 1. The maximum atomic E-state index is 10.4. The summed E-state index contributed by atoms with van der Waals surface area (Å²) in [7, 11) is 0. The summed E-state index contributed by atoms with van der Waals surface area (Å²) >= 11 is 0. The van der Waals surface area contributed by atoms with Crippen molar-refractivity contribution in [2.24, 2.45) is 0 Å². The Morgan fingerprint density at radius 2 is 1.81 bits per heavy atom. The Kier molecular flexibility index (Phi) is 3.63. The van der Waals surface area contributed by atoms with E-state index in [1.165, 1.54) is 0 Å². The average molecular weight is 274 g/mol. The van der Waals surface area contributed by atoms with Crippen LogP contribution in [-0.4, -0.2) is 10.1 Å². The van der Waals surface area contributed by atoms with Gasteiger partial charge in [0.1, 0.15) is 0 Å². The summed E-state index contributed by atoms with van der Waals surface area (Å²) in [4.78, 5) is 4.33. The van der Waals surface area contributed by atoms with E-state index in [2.05, 4.69) is 11.1 Å². The molecule has 3 heteroatoms. The SMILES string of the molecule is N#Cc1ccc(C(O)Cc2ccnc3ccccc23)cc1. The van der Waals surface area contributed by atoms with E-state index in [9.17, 15) is 5.11 Å². The van der Waals surface area contributed by atoms with Gasteiger partial charge in [-0.3, -0.25) is 4.98 Å². The Hall–Kier alpha value is -2.70. The van der Waals surface area contributed by atoms with Crippen molar-refractivity contribution in [2.75, 3.05) is 0 Å². The van der Waals surface area contributed by atoms with Gasteiger partial charge in [0.2, 0.25) is 0 Å². The number of hydrogen-bond donors (Lipinski definition) is 1. The standard InChI is InChI=1S/C18H14N2O/c19-12-13-5-7-14(8-6-13)18(21)11-15-9-10-20-17-4-2-1-3-16(15)17/h1-10,18,21H,11H2. The Morgan fingerprint density at radius 3 is 2.57 bits per heavy atom. The Bertz CT molecular complexity index is 798. The Morgan fingerprint density at radius 1 is 1.05 bits per heavy atom. The third-order valence-electron chi connectivity index (χ3n) is 3.58. The number of benzene rings is 2. The first kappa shape index (κ1) is 13.3. The largest absolute Gasteiger partial charge is 0.388 e. The van der Waals surface area contributed by atoms with Gasteiger partial charge in [-0.25, -0.2) is 0 Å². The number of rotatable bonds is 3. The van der Waals surface area contributed by atoms with Crippen LogP contribution in [0.2, 0.25) is 0 Å². The number of fused-ring (bicyclic) bond motifs is 1.